The molecule has 55 heavy (non-hydrogen) atoms. The van der Waals surface area contributed by atoms with Crippen molar-refractivity contribution in [1.29, 1.82) is 0 Å². The van der Waals surface area contributed by atoms with E-state index >= 15 is 0 Å². The Kier molecular flexibility index (Phi) is 6.25. The Balaban J connectivity index is 1.14. The van der Waals surface area contributed by atoms with Crippen molar-refractivity contribution in [2.24, 2.45) is 0 Å². The van der Waals surface area contributed by atoms with E-state index in [4.69, 9.17) is 4.74 Å². The van der Waals surface area contributed by atoms with Crippen molar-refractivity contribution in [3.63, 3.8) is 0 Å². The number of hydrogen-bond acceptors (Lipinski definition) is 1. The zero-order valence-electron chi connectivity index (χ0n) is 30.0. The van der Waals surface area contributed by atoms with Crippen LogP contribution in [-0.2, 0) is 10.8 Å². The van der Waals surface area contributed by atoms with E-state index in [-0.39, 0.29) is 0 Å². The van der Waals surface area contributed by atoms with Crippen LogP contribution in [-0.4, -0.2) is 0 Å². The molecule has 2 aliphatic carbocycles. The fraction of sp³-hybridized carbons (Fsp3) is 0.0370. The Morgan fingerprint density at radius 3 is 1.42 bits per heavy atom. The summed E-state index contributed by atoms with van der Waals surface area (Å²) in [6.45, 7) is 0. The molecule has 1 aliphatic heterocycles. The predicted octanol–water partition coefficient (Wildman–Crippen LogP) is 13.3. The minimum atomic E-state index is -0.583. The van der Waals surface area contributed by atoms with Crippen molar-refractivity contribution in [3.8, 4) is 44.9 Å². The molecular weight excluding hydrogens is 665 g/mol. The lowest BCUT2D eigenvalue weighted by Gasteiger charge is -2.41. The Bertz CT molecular complexity index is 2930. The van der Waals surface area contributed by atoms with Crippen molar-refractivity contribution >= 4 is 10.8 Å². The molecule has 0 fully saturated rings. The van der Waals surface area contributed by atoms with Gasteiger partial charge in [0.1, 0.15) is 11.5 Å². The molecule has 1 spiro atoms. The molecule has 3 aliphatic rings. The molecule has 1 heterocycles. The summed E-state index contributed by atoms with van der Waals surface area (Å²) in [6.07, 6.45) is 0. The summed E-state index contributed by atoms with van der Waals surface area (Å²) >= 11 is 0. The maximum atomic E-state index is 6.77. The highest BCUT2D eigenvalue weighted by Gasteiger charge is 2.52. The highest BCUT2D eigenvalue weighted by atomic mass is 16.5. The largest absolute Gasteiger partial charge is 0.457 e. The highest BCUT2D eigenvalue weighted by molar-refractivity contribution is 6.00. The van der Waals surface area contributed by atoms with Crippen LogP contribution < -0.4 is 4.74 Å². The molecule has 0 saturated carbocycles. The quantitative estimate of drug-likeness (QED) is 0.178. The van der Waals surface area contributed by atoms with Gasteiger partial charge < -0.3 is 4.74 Å². The first-order valence-corrected chi connectivity index (χ1v) is 19.2. The molecule has 0 radical (unpaired) electrons. The molecule has 12 rings (SSSR count). The third-order valence-electron chi connectivity index (χ3n) is 12.6. The highest BCUT2D eigenvalue weighted by Crippen LogP contribution is 2.64. The summed E-state index contributed by atoms with van der Waals surface area (Å²) in [5, 5.41) is 2.53. The number of benzene rings is 9. The van der Waals surface area contributed by atoms with E-state index in [2.05, 4.69) is 206 Å². The number of rotatable bonds is 3. The van der Waals surface area contributed by atoms with Gasteiger partial charge in [0.15, 0.2) is 0 Å². The van der Waals surface area contributed by atoms with Gasteiger partial charge in [0.05, 0.1) is 10.8 Å². The normalized spacial score (nSPS) is 14.6. The van der Waals surface area contributed by atoms with Gasteiger partial charge in [-0.15, -0.1) is 0 Å². The maximum Gasteiger partial charge on any atom is 0.132 e. The van der Waals surface area contributed by atoms with Gasteiger partial charge in [-0.05, 0) is 114 Å². The molecule has 9 aromatic rings. The first-order valence-electron chi connectivity index (χ1n) is 19.2. The van der Waals surface area contributed by atoms with Gasteiger partial charge in [-0.1, -0.05) is 170 Å². The molecule has 1 nitrogen and oxygen atoms in total. The number of para-hydroxylation sites is 1. The predicted molar refractivity (Wildman–Crippen MR) is 224 cm³/mol. The Labute approximate surface area is 320 Å². The molecule has 256 valence electrons. The molecule has 9 aromatic carbocycles. The smallest absolute Gasteiger partial charge is 0.132 e. The molecule has 0 unspecified atom stereocenters. The fourth-order valence-electron chi connectivity index (χ4n) is 10.4. The van der Waals surface area contributed by atoms with Crippen LogP contribution in [0.1, 0.15) is 44.5 Å². The molecule has 0 saturated heterocycles. The SMILES string of the molecule is c1ccc(C2(c3ccccc3)c3ccccc3Oc3ccc(-c4ccc5c(c4)C4(c6ccccc6-c6ccccc64)c4cc6ccccc6cc4-5)cc32)cc1. The van der Waals surface area contributed by atoms with E-state index < -0.39 is 10.8 Å². The molecule has 0 atom stereocenters. The van der Waals surface area contributed by atoms with Gasteiger partial charge in [0, 0.05) is 11.1 Å². The average molecular weight is 699 g/mol. The van der Waals surface area contributed by atoms with Gasteiger partial charge in [-0.3, -0.25) is 0 Å². The minimum absolute atomic E-state index is 0.439. The lowest BCUT2D eigenvalue weighted by molar-refractivity contribution is 0.434. The molecule has 0 amide bonds. The Hall–Kier alpha value is -6.96. The monoisotopic (exact) mass is 698 g/mol. The first kappa shape index (κ1) is 30.5. The summed E-state index contributed by atoms with van der Waals surface area (Å²) in [5.41, 5.74) is 16.7. The molecule has 1 heteroatoms. The van der Waals surface area contributed by atoms with Gasteiger partial charge in [0.2, 0.25) is 0 Å². The summed E-state index contributed by atoms with van der Waals surface area (Å²) in [7, 11) is 0. The molecule has 0 bridgehead atoms. The van der Waals surface area contributed by atoms with Crippen LogP contribution in [0.25, 0.3) is 44.2 Å². The summed E-state index contributed by atoms with van der Waals surface area (Å²) in [5.74, 6) is 1.77. The van der Waals surface area contributed by atoms with E-state index in [1.165, 1.54) is 72.0 Å². The number of ether oxygens (including phenoxy) is 1. The summed E-state index contributed by atoms with van der Waals surface area (Å²) in [4.78, 5) is 0. The number of hydrogen-bond donors (Lipinski definition) is 0. The van der Waals surface area contributed by atoms with Crippen LogP contribution in [0.15, 0.2) is 206 Å². The lowest BCUT2D eigenvalue weighted by atomic mass is 9.63. The second-order valence-corrected chi connectivity index (χ2v) is 15.1. The zero-order valence-corrected chi connectivity index (χ0v) is 30.0. The molecule has 0 N–H and O–H groups in total. The fourth-order valence-corrected chi connectivity index (χ4v) is 10.4. The zero-order chi connectivity index (χ0) is 36.1. The average Bonchev–Trinajstić information content (AvgIpc) is 3.71. The van der Waals surface area contributed by atoms with Gasteiger partial charge in [-0.25, -0.2) is 0 Å². The van der Waals surface area contributed by atoms with Crippen molar-refractivity contribution in [2.45, 2.75) is 10.8 Å². The standard InChI is InChI=1S/C54H34O/c1-3-17-39(18-4-1)53(40-19-5-2-6-20-40)47-25-13-14-26-51(47)55-52-30-28-38(34-50(52)53)37-27-29-43-44-31-35-15-7-8-16-36(35)32-49(44)54(48(43)33-37)45-23-11-9-21-41(45)42-22-10-12-24-46(42)54/h1-34H. The third-order valence-corrected chi connectivity index (χ3v) is 12.6. The molecular formula is C54H34O. The summed E-state index contributed by atoms with van der Waals surface area (Å²) < 4.78 is 6.77. The summed E-state index contributed by atoms with van der Waals surface area (Å²) in [6, 6.07) is 76.2. The lowest BCUT2D eigenvalue weighted by Crippen LogP contribution is -2.34. The topological polar surface area (TPSA) is 9.23 Å². The van der Waals surface area contributed by atoms with Crippen LogP contribution in [0, 0.1) is 0 Å². The van der Waals surface area contributed by atoms with Crippen LogP contribution in [0.2, 0.25) is 0 Å². The Morgan fingerprint density at radius 1 is 0.273 bits per heavy atom. The van der Waals surface area contributed by atoms with Crippen molar-refractivity contribution in [1.82, 2.24) is 0 Å². The van der Waals surface area contributed by atoms with Gasteiger partial charge >= 0.3 is 0 Å². The Morgan fingerprint density at radius 2 is 0.745 bits per heavy atom. The number of fused-ring (bicyclic) bond motifs is 13. The van der Waals surface area contributed by atoms with E-state index in [0.29, 0.717) is 0 Å². The second-order valence-electron chi connectivity index (χ2n) is 15.1. The van der Waals surface area contributed by atoms with Crippen LogP contribution in [0.3, 0.4) is 0 Å². The third kappa shape index (κ3) is 3.97. The molecule has 0 aromatic heterocycles. The van der Waals surface area contributed by atoms with E-state index in [0.717, 1.165) is 28.2 Å². The maximum absolute atomic E-state index is 6.77. The van der Waals surface area contributed by atoms with Crippen molar-refractivity contribution in [2.75, 3.05) is 0 Å². The van der Waals surface area contributed by atoms with Gasteiger partial charge in [0.25, 0.3) is 0 Å². The van der Waals surface area contributed by atoms with E-state index in [1.54, 1.807) is 0 Å². The van der Waals surface area contributed by atoms with Crippen molar-refractivity contribution in [3.05, 3.63) is 251 Å². The van der Waals surface area contributed by atoms with Crippen LogP contribution in [0.5, 0.6) is 11.5 Å². The van der Waals surface area contributed by atoms with Crippen LogP contribution >= 0.6 is 0 Å². The first-order chi connectivity index (χ1) is 27.3. The van der Waals surface area contributed by atoms with E-state index in [9.17, 15) is 0 Å². The van der Waals surface area contributed by atoms with Gasteiger partial charge in [-0.2, -0.15) is 0 Å². The van der Waals surface area contributed by atoms with Crippen molar-refractivity contribution < 1.29 is 4.74 Å². The van der Waals surface area contributed by atoms with E-state index in [1.807, 2.05) is 0 Å². The minimum Gasteiger partial charge on any atom is -0.457 e. The van der Waals surface area contributed by atoms with Crippen LogP contribution in [0.4, 0.5) is 0 Å². The second kappa shape index (κ2) is 11.3.